The highest BCUT2D eigenvalue weighted by molar-refractivity contribution is 4.76. The highest BCUT2D eigenvalue weighted by Gasteiger charge is 2.20. The molecular formula is C11H23FN2. The van der Waals surface area contributed by atoms with Gasteiger partial charge >= 0.3 is 0 Å². The third-order valence-electron chi connectivity index (χ3n) is 3.38. The van der Waals surface area contributed by atoms with Gasteiger partial charge < -0.3 is 4.90 Å². The number of rotatable bonds is 4. The summed E-state index contributed by atoms with van der Waals surface area (Å²) in [7, 11) is 0. The molecule has 1 N–H and O–H groups in total. The van der Waals surface area contributed by atoms with Crippen molar-refractivity contribution in [2.75, 3.05) is 13.1 Å². The molecule has 0 aromatic carbocycles. The minimum absolute atomic E-state index is 0.0920. The summed E-state index contributed by atoms with van der Waals surface area (Å²) in [5.74, 6) is 0. The van der Waals surface area contributed by atoms with Gasteiger partial charge in [0.1, 0.15) is 0 Å². The Balaban J connectivity index is 2.40. The Morgan fingerprint density at radius 3 is 2.57 bits per heavy atom. The van der Waals surface area contributed by atoms with E-state index in [2.05, 4.69) is 18.7 Å². The molecule has 0 saturated carbocycles. The first-order chi connectivity index (χ1) is 6.81. The molecule has 0 aromatic heterocycles. The first-order valence-corrected chi connectivity index (χ1v) is 5.92. The first-order valence-electron chi connectivity index (χ1n) is 5.92. The molecule has 84 valence electrons. The predicted molar refractivity (Wildman–Crippen MR) is 57.8 cm³/mol. The van der Waals surface area contributed by atoms with E-state index in [1.165, 1.54) is 12.8 Å². The average Bonchev–Trinajstić information content (AvgIpc) is 2.45. The van der Waals surface area contributed by atoms with Crippen molar-refractivity contribution in [2.24, 2.45) is 0 Å². The SMILES string of the molecule is CCC(CC)N1CCCC(NF)CC1. The summed E-state index contributed by atoms with van der Waals surface area (Å²) in [4.78, 5) is 2.53. The van der Waals surface area contributed by atoms with E-state index in [-0.39, 0.29) is 6.04 Å². The van der Waals surface area contributed by atoms with E-state index in [1.807, 2.05) is 5.54 Å². The number of halogens is 1. The smallest absolute Gasteiger partial charge is 0.0384 e. The molecule has 1 unspecified atom stereocenters. The molecule has 14 heavy (non-hydrogen) atoms. The summed E-state index contributed by atoms with van der Waals surface area (Å²) < 4.78 is 12.3. The van der Waals surface area contributed by atoms with Gasteiger partial charge in [-0.15, -0.1) is 4.48 Å². The molecule has 0 radical (unpaired) electrons. The van der Waals surface area contributed by atoms with E-state index < -0.39 is 0 Å². The quantitative estimate of drug-likeness (QED) is 0.705. The molecule has 0 bridgehead atoms. The molecule has 0 amide bonds. The number of hydrogen-bond donors (Lipinski definition) is 1. The number of hydrogen-bond acceptors (Lipinski definition) is 2. The van der Waals surface area contributed by atoms with Gasteiger partial charge in [-0.3, -0.25) is 0 Å². The molecule has 1 rings (SSSR count). The summed E-state index contributed by atoms with van der Waals surface area (Å²) in [6.07, 6.45) is 5.48. The van der Waals surface area contributed by atoms with Crippen molar-refractivity contribution in [3.63, 3.8) is 0 Å². The molecule has 0 aliphatic carbocycles. The van der Waals surface area contributed by atoms with Gasteiger partial charge in [0.05, 0.1) is 0 Å². The molecule has 1 fully saturated rings. The van der Waals surface area contributed by atoms with Crippen molar-refractivity contribution in [2.45, 2.75) is 58.0 Å². The lowest BCUT2D eigenvalue weighted by Crippen LogP contribution is -2.35. The topological polar surface area (TPSA) is 15.3 Å². The van der Waals surface area contributed by atoms with Crippen molar-refractivity contribution in [1.29, 1.82) is 0 Å². The standard InChI is InChI=1S/C11H23FN2/c1-3-11(4-2)14-8-5-6-10(13-12)7-9-14/h10-11,13H,3-9H2,1-2H3. The largest absolute Gasteiger partial charge is 0.300 e. The zero-order valence-electron chi connectivity index (χ0n) is 9.43. The zero-order valence-corrected chi connectivity index (χ0v) is 9.43. The Kier molecular flexibility index (Phi) is 5.41. The van der Waals surface area contributed by atoms with Crippen molar-refractivity contribution >= 4 is 0 Å². The van der Waals surface area contributed by atoms with E-state index >= 15 is 0 Å². The van der Waals surface area contributed by atoms with Gasteiger partial charge in [0.15, 0.2) is 0 Å². The Morgan fingerprint density at radius 2 is 2.00 bits per heavy atom. The van der Waals surface area contributed by atoms with Crippen LogP contribution in [0, 0.1) is 0 Å². The van der Waals surface area contributed by atoms with Gasteiger partial charge in [-0.05, 0) is 45.2 Å². The Hall–Kier alpha value is -0.150. The molecular weight excluding hydrogens is 179 g/mol. The molecule has 1 aliphatic heterocycles. The highest BCUT2D eigenvalue weighted by atomic mass is 19.2. The predicted octanol–water partition coefficient (Wildman–Crippen LogP) is 2.50. The second kappa shape index (κ2) is 6.36. The van der Waals surface area contributed by atoms with E-state index in [0.29, 0.717) is 6.04 Å². The molecule has 0 spiro atoms. The van der Waals surface area contributed by atoms with Crippen LogP contribution in [0.1, 0.15) is 46.0 Å². The number of likely N-dealkylation sites (tertiary alicyclic amines) is 1. The van der Waals surface area contributed by atoms with Crippen LogP contribution in [0.25, 0.3) is 0 Å². The summed E-state index contributed by atoms with van der Waals surface area (Å²) in [6, 6.07) is 0.794. The maximum Gasteiger partial charge on any atom is 0.0384 e. The van der Waals surface area contributed by atoms with Crippen LogP contribution in [-0.2, 0) is 0 Å². The monoisotopic (exact) mass is 202 g/mol. The van der Waals surface area contributed by atoms with Gasteiger partial charge in [0.25, 0.3) is 0 Å². The van der Waals surface area contributed by atoms with Crippen molar-refractivity contribution in [1.82, 2.24) is 10.4 Å². The van der Waals surface area contributed by atoms with Crippen LogP contribution in [0.2, 0.25) is 0 Å². The van der Waals surface area contributed by atoms with Gasteiger partial charge in [-0.1, -0.05) is 13.8 Å². The fourth-order valence-corrected chi connectivity index (χ4v) is 2.40. The molecule has 1 atom stereocenters. The minimum atomic E-state index is 0.0920. The summed E-state index contributed by atoms with van der Waals surface area (Å²) in [5, 5.41) is 0. The number of nitrogens with one attached hydrogen (secondary N) is 1. The van der Waals surface area contributed by atoms with Crippen LogP contribution in [0.4, 0.5) is 4.48 Å². The van der Waals surface area contributed by atoms with Gasteiger partial charge in [-0.2, -0.15) is 5.54 Å². The molecule has 1 heterocycles. The summed E-state index contributed by atoms with van der Waals surface area (Å²) in [6.45, 7) is 6.67. The lowest BCUT2D eigenvalue weighted by Gasteiger charge is -2.28. The normalized spacial score (nSPS) is 25.3. The maximum atomic E-state index is 12.3. The van der Waals surface area contributed by atoms with Crippen molar-refractivity contribution in [3.05, 3.63) is 0 Å². The van der Waals surface area contributed by atoms with Crippen LogP contribution >= 0.6 is 0 Å². The summed E-state index contributed by atoms with van der Waals surface area (Å²) in [5.41, 5.74) is 1.91. The third-order valence-corrected chi connectivity index (χ3v) is 3.38. The molecule has 1 aliphatic rings. The van der Waals surface area contributed by atoms with Crippen LogP contribution in [0.5, 0.6) is 0 Å². The molecule has 0 aromatic rings. The minimum Gasteiger partial charge on any atom is -0.300 e. The van der Waals surface area contributed by atoms with E-state index in [0.717, 1.165) is 32.4 Å². The lowest BCUT2D eigenvalue weighted by molar-refractivity contribution is 0.186. The fourth-order valence-electron chi connectivity index (χ4n) is 2.40. The third kappa shape index (κ3) is 3.21. The average molecular weight is 202 g/mol. The van der Waals surface area contributed by atoms with E-state index in [4.69, 9.17) is 0 Å². The maximum absolute atomic E-state index is 12.3. The number of nitrogens with zero attached hydrogens (tertiary/aromatic N) is 1. The Bertz CT molecular complexity index is 148. The Morgan fingerprint density at radius 1 is 1.29 bits per heavy atom. The zero-order chi connectivity index (χ0) is 10.4. The van der Waals surface area contributed by atoms with Crippen LogP contribution < -0.4 is 5.54 Å². The van der Waals surface area contributed by atoms with Crippen LogP contribution in [0.3, 0.4) is 0 Å². The van der Waals surface area contributed by atoms with Gasteiger partial charge in [0, 0.05) is 12.1 Å². The van der Waals surface area contributed by atoms with Crippen molar-refractivity contribution < 1.29 is 4.48 Å². The second-order valence-electron chi connectivity index (χ2n) is 4.24. The van der Waals surface area contributed by atoms with Gasteiger partial charge in [0.2, 0.25) is 0 Å². The van der Waals surface area contributed by atoms with Crippen LogP contribution in [0.15, 0.2) is 0 Å². The highest BCUT2D eigenvalue weighted by Crippen LogP contribution is 2.16. The van der Waals surface area contributed by atoms with E-state index in [1.54, 1.807) is 0 Å². The Labute approximate surface area is 86.8 Å². The van der Waals surface area contributed by atoms with Gasteiger partial charge in [-0.25, -0.2) is 0 Å². The van der Waals surface area contributed by atoms with Crippen LogP contribution in [-0.4, -0.2) is 30.1 Å². The summed E-state index contributed by atoms with van der Waals surface area (Å²) >= 11 is 0. The fraction of sp³-hybridized carbons (Fsp3) is 1.00. The molecule has 3 heteroatoms. The van der Waals surface area contributed by atoms with E-state index in [9.17, 15) is 4.48 Å². The lowest BCUT2D eigenvalue weighted by atomic mass is 10.1. The second-order valence-corrected chi connectivity index (χ2v) is 4.24. The first kappa shape index (κ1) is 11.9. The van der Waals surface area contributed by atoms with Crippen molar-refractivity contribution in [3.8, 4) is 0 Å². The molecule has 1 saturated heterocycles. The molecule has 2 nitrogen and oxygen atoms in total.